The molecule has 0 saturated carbocycles. The molecule has 1 saturated heterocycles. The molecule has 1 aliphatic rings. The van der Waals surface area contributed by atoms with Gasteiger partial charge in [0.1, 0.15) is 30.2 Å². The fourth-order valence-electron chi connectivity index (χ4n) is 2.44. The van der Waals surface area contributed by atoms with E-state index in [1.807, 2.05) is 0 Å². The second-order valence-corrected chi connectivity index (χ2v) is 4.73. The predicted octanol–water partition coefficient (Wildman–Crippen LogP) is -1.94. The van der Waals surface area contributed by atoms with Crippen LogP contribution < -0.4 is 11.1 Å². The highest BCUT2D eigenvalue weighted by molar-refractivity contribution is 5.84. The van der Waals surface area contributed by atoms with Crippen LogP contribution in [0.15, 0.2) is 6.33 Å². The molecule has 4 atom stereocenters. The third-order valence-corrected chi connectivity index (χ3v) is 3.47. The SMILES string of the molecule is CNc1nc(N)nc2ncn([C@@H]3O[C@H](CO)[C@@H](O)[C@H]3O)c12. The van der Waals surface area contributed by atoms with Gasteiger partial charge in [0, 0.05) is 7.05 Å². The molecule has 0 spiro atoms. The molecule has 0 unspecified atom stereocenters. The van der Waals surface area contributed by atoms with Crippen molar-refractivity contribution in [3.05, 3.63) is 6.33 Å². The van der Waals surface area contributed by atoms with E-state index in [1.54, 1.807) is 7.05 Å². The average Bonchev–Trinajstić information content (AvgIpc) is 3.00. The summed E-state index contributed by atoms with van der Waals surface area (Å²) in [6.45, 7) is -0.399. The van der Waals surface area contributed by atoms with Crippen LogP contribution in [0.5, 0.6) is 0 Å². The fraction of sp³-hybridized carbons (Fsp3) is 0.545. The smallest absolute Gasteiger partial charge is 0.224 e. The lowest BCUT2D eigenvalue weighted by Gasteiger charge is -2.17. The quantitative estimate of drug-likeness (QED) is 0.435. The Balaban J connectivity index is 2.09. The van der Waals surface area contributed by atoms with Crippen molar-refractivity contribution in [3.8, 4) is 0 Å². The summed E-state index contributed by atoms with van der Waals surface area (Å²) in [4.78, 5) is 12.2. The molecule has 0 radical (unpaired) electrons. The van der Waals surface area contributed by atoms with Crippen LogP contribution in [0.4, 0.5) is 11.8 Å². The molecule has 3 rings (SSSR count). The van der Waals surface area contributed by atoms with Gasteiger partial charge in [-0.3, -0.25) is 4.57 Å². The lowest BCUT2D eigenvalue weighted by molar-refractivity contribution is -0.0508. The van der Waals surface area contributed by atoms with Crippen molar-refractivity contribution in [1.82, 2.24) is 19.5 Å². The second-order valence-electron chi connectivity index (χ2n) is 4.73. The number of nitrogens with zero attached hydrogens (tertiary/aromatic N) is 4. The minimum atomic E-state index is -1.21. The number of aliphatic hydroxyl groups excluding tert-OH is 3. The number of aliphatic hydroxyl groups is 3. The Bertz CT molecular complexity index is 661. The molecular weight excluding hydrogens is 280 g/mol. The molecule has 10 heteroatoms. The van der Waals surface area contributed by atoms with E-state index in [9.17, 15) is 10.2 Å². The molecule has 6 N–H and O–H groups in total. The second kappa shape index (κ2) is 5.07. The van der Waals surface area contributed by atoms with Crippen LogP contribution in [-0.2, 0) is 4.74 Å². The molecule has 2 aromatic rings. The Labute approximate surface area is 119 Å². The standard InChI is InChI=1S/C11H16N6O4/c1-13-8-5-9(16-11(12)15-8)14-3-17(5)10-7(20)6(19)4(2-18)21-10/h3-4,6-7,10,18-20H,2H2,1H3,(H3,12,13,15,16)/t4-,6-,7-,10-/m1/s1. The number of imidazole rings is 1. The van der Waals surface area contributed by atoms with E-state index in [2.05, 4.69) is 20.3 Å². The van der Waals surface area contributed by atoms with Crippen LogP contribution in [0.2, 0.25) is 0 Å². The number of fused-ring (bicyclic) bond motifs is 1. The van der Waals surface area contributed by atoms with Gasteiger partial charge in [-0.2, -0.15) is 9.97 Å². The summed E-state index contributed by atoms with van der Waals surface area (Å²) in [5.41, 5.74) is 6.42. The molecule has 3 heterocycles. The van der Waals surface area contributed by atoms with Gasteiger partial charge in [0.2, 0.25) is 5.95 Å². The number of hydrogen-bond donors (Lipinski definition) is 5. The number of anilines is 2. The zero-order chi connectivity index (χ0) is 15.1. The molecule has 114 valence electrons. The van der Waals surface area contributed by atoms with E-state index in [4.69, 9.17) is 15.6 Å². The number of nitrogens with one attached hydrogen (secondary N) is 1. The van der Waals surface area contributed by atoms with Crippen LogP contribution in [0.1, 0.15) is 6.23 Å². The topological polar surface area (TPSA) is 152 Å². The van der Waals surface area contributed by atoms with Crippen molar-refractivity contribution in [1.29, 1.82) is 0 Å². The van der Waals surface area contributed by atoms with Gasteiger partial charge in [0.05, 0.1) is 6.61 Å². The summed E-state index contributed by atoms with van der Waals surface area (Å²) in [6.07, 6.45) is -2.75. The van der Waals surface area contributed by atoms with Crippen molar-refractivity contribution >= 4 is 22.9 Å². The van der Waals surface area contributed by atoms with Crippen molar-refractivity contribution in [3.63, 3.8) is 0 Å². The average molecular weight is 296 g/mol. The van der Waals surface area contributed by atoms with Gasteiger partial charge in [-0.25, -0.2) is 4.98 Å². The number of hydrogen-bond acceptors (Lipinski definition) is 9. The van der Waals surface area contributed by atoms with Crippen LogP contribution >= 0.6 is 0 Å². The monoisotopic (exact) mass is 296 g/mol. The normalized spacial score (nSPS) is 29.1. The maximum atomic E-state index is 10.1. The Morgan fingerprint density at radius 3 is 2.76 bits per heavy atom. The summed E-state index contributed by atoms with van der Waals surface area (Å²) in [7, 11) is 1.66. The predicted molar refractivity (Wildman–Crippen MR) is 72.3 cm³/mol. The number of rotatable bonds is 3. The van der Waals surface area contributed by atoms with Crippen molar-refractivity contribution in [2.75, 3.05) is 24.7 Å². The van der Waals surface area contributed by atoms with Crippen molar-refractivity contribution in [2.24, 2.45) is 0 Å². The lowest BCUT2D eigenvalue weighted by atomic mass is 10.1. The Kier molecular flexibility index (Phi) is 3.37. The molecule has 21 heavy (non-hydrogen) atoms. The number of aromatic nitrogens is 4. The lowest BCUT2D eigenvalue weighted by Crippen LogP contribution is -2.33. The third kappa shape index (κ3) is 2.08. The molecule has 10 nitrogen and oxygen atoms in total. The van der Waals surface area contributed by atoms with Gasteiger partial charge in [0.15, 0.2) is 17.7 Å². The molecule has 2 aromatic heterocycles. The van der Waals surface area contributed by atoms with Gasteiger partial charge in [-0.15, -0.1) is 0 Å². The number of ether oxygens (including phenoxy) is 1. The van der Waals surface area contributed by atoms with Crippen LogP contribution in [0.25, 0.3) is 11.2 Å². The van der Waals surface area contributed by atoms with E-state index in [1.165, 1.54) is 10.9 Å². The minimum absolute atomic E-state index is 0.0678. The molecule has 0 aromatic carbocycles. The van der Waals surface area contributed by atoms with E-state index >= 15 is 0 Å². The van der Waals surface area contributed by atoms with Gasteiger partial charge in [-0.05, 0) is 0 Å². The summed E-state index contributed by atoms with van der Waals surface area (Å²) >= 11 is 0. The summed E-state index contributed by atoms with van der Waals surface area (Å²) in [5.74, 6) is 0.492. The summed E-state index contributed by atoms with van der Waals surface area (Å²) in [5, 5.41) is 31.9. The van der Waals surface area contributed by atoms with E-state index in [0.717, 1.165) is 0 Å². The van der Waals surface area contributed by atoms with Gasteiger partial charge >= 0.3 is 0 Å². The highest BCUT2D eigenvalue weighted by Crippen LogP contribution is 2.33. The molecule has 0 bridgehead atoms. The Morgan fingerprint density at radius 1 is 1.38 bits per heavy atom. The Hall–Kier alpha value is -2.01. The van der Waals surface area contributed by atoms with Gasteiger partial charge < -0.3 is 31.1 Å². The van der Waals surface area contributed by atoms with Gasteiger partial charge in [-0.1, -0.05) is 0 Å². The maximum Gasteiger partial charge on any atom is 0.224 e. The largest absolute Gasteiger partial charge is 0.394 e. The van der Waals surface area contributed by atoms with E-state index in [-0.39, 0.29) is 5.95 Å². The summed E-state index contributed by atoms with van der Waals surface area (Å²) in [6, 6.07) is 0. The molecule has 1 aliphatic heterocycles. The maximum absolute atomic E-state index is 10.1. The first kappa shape index (κ1) is 13.9. The van der Waals surface area contributed by atoms with Crippen LogP contribution in [0.3, 0.4) is 0 Å². The first-order valence-corrected chi connectivity index (χ1v) is 6.37. The van der Waals surface area contributed by atoms with Crippen LogP contribution in [-0.4, -0.2) is 66.8 Å². The zero-order valence-electron chi connectivity index (χ0n) is 11.2. The first-order chi connectivity index (χ1) is 10.1. The first-order valence-electron chi connectivity index (χ1n) is 6.37. The van der Waals surface area contributed by atoms with E-state index < -0.39 is 31.1 Å². The number of nitrogen functional groups attached to an aromatic ring is 1. The van der Waals surface area contributed by atoms with Gasteiger partial charge in [0.25, 0.3) is 0 Å². The zero-order valence-corrected chi connectivity index (χ0v) is 11.2. The fourth-order valence-corrected chi connectivity index (χ4v) is 2.44. The number of nitrogens with two attached hydrogens (primary N) is 1. The van der Waals surface area contributed by atoms with Crippen molar-refractivity contribution < 1.29 is 20.1 Å². The van der Waals surface area contributed by atoms with E-state index in [0.29, 0.717) is 17.0 Å². The highest BCUT2D eigenvalue weighted by atomic mass is 16.6. The molecule has 0 amide bonds. The summed E-state index contributed by atoms with van der Waals surface area (Å²) < 4.78 is 6.98. The third-order valence-electron chi connectivity index (χ3n) is 3.47. The minimum Gasteiger partial charge on any atom is -0.394 e. The molecular formula is C11H16N6O4. The molecule has 0 aliphatic carbocycles. The Morgan fingerprint density at radius 2 is 2.14 bits per heavy atom. The highest BCUT2D eigenvalue weighted by Gasteiger charge is 2.44. The molecule has 1 fully saturated rings. The van der Waals surface area contributed by atoms with Crippen molar-refractivity contribution in [2.45, 2.75) is 24.5 Å². The van der Waals surface area contributed by atoms with Crippen LogP contribution in [0, 0.1) is 0 Å².